The van der Waals surface area contributed by atoms with Gasteiger partial charge in [-0.05, 0) is 37.4 Å². The first-order valence-corrected chi connectivity index (χ1v) is 8.67. The molecule has 1 amide bonds. The number of anilines is 1. The van der Waals surface area contributed by atoms with Crippen LogP contribution in [-0.2, 0) is 13.1 Å². The van der Waals surface area contributed by atoms with Crippen molar-refractivity contribution < 1.29 is 9.53 Å². The Morgan fingerprint density at radius 3 is 2.33 bits per heavy atom. The SMILES string of the molecule is CN(Cc1ccccn1)Cc1cccc(OC(=O)N(C)c2ccccc2)n1. The summed E-state index contributed by atoms with van der Waals surface area (Å²) >= 11 is 0. The number of carbonyl (C=O) groups excluding carboxylic acids is 1. The van der Waals surface area contributed by atoms with Crippen molar-refractivity contribution in [1.29, 1.82) is 0 Å². The van der Waals surface area contributed by atoms with Crippen molar-refractivity contribution in [3.8, 4) is 5.88 Å². The number of carbonyl (C=O) groups is 1. The minimum absolute atomic E-state index is 0.284. The van der Waals surface area contributed by atoms with Crippen molar-refractivity contribution in [3.63, 3.8) is 0 Å². The minimum atomic E-state index is -0.479. The summed E-state index contributed by atoms with van der Waals surface area (Å²) < 4.78 is 5.42. The first-order valence-electron chi connectivity index (χ1n) is 8.67. The lowest BCUT2D eigenvalue weighted by molar-refractivity contribution is 0.207. The van der Waals surface area contributed by atoms with Gasteiger partial charge in [0, 0.05) is 38.1 Å². The number of rotatable bonds is 6. The predicted octanol–water partition coefficient (Wildman–Crippen LogP) is 3.74. The number of para-hydroxylation sites is 1. The molecule has 3 rings (SSSR count). The second-order valence-electron chi connectivity index (χ2n) is 6.22. The first-order chi connectivity index (χ1) is 13.1. The molecule has 0 spiro atoms. The molecule has 3 aromatic rings. The van der Waals surface area contributed by atoms with Gasteiger partial charge in [0.2, 0.25) is 5.88 Å². The summed E-state index contributed by atoms with van der Waals surface area (Å²) in [4.78, 5) is 24.6. The van der Waals surface area contributed by atoms with E-state index in [-0.39, 0.29) is 5.88 Å². The first kappa shape index (κ1) is 18.5. The third-order valence-corrected chi connectivity index (χ3v) is 3.98. The average molecular weight is 362 g/mol. The van der Waals surface area contributed by atoms with Crippen LogP contribution in [0.1, 0.15) is 11.4 Å². The number of nitrogens with zero attached hydrogens (tertiary/aromatic N) is 4. The molecule has 6 nitrogen and oxygen atoms in total. The number of amides is 1. The standard InChI is InChI=1S/C21H22N4O2/c1-24(15-17-9-6-7-14-22-17)16-18-10-8-13-20(23-18)27-21(26)25(2)19-11-4-3-5-12-19/h3-14H,15-16H2,1-2H3. The van der Waals surface area contributed by atoms with Gasteiger partial charge in [0.25, 0.3) is 0 Å². The van der Waals surface area contributed by atoms with Crippen LogP contribution in [0.15, 0.2) is 72.9 Å². The van der Waals surface area contributed by atoms with Gasteiger partial charge in [-0.3, -0.25) is 14.8 Å². The quantitative estimate of drug-likeness (QED) is 0.668. The molecule has 0 radical (unpaired) electrons. The van der Waals surface area contributed by atoms with Crippen LogP contribution in [0.25, 0.3) is 0 Å². The second-order valence-corrected chi connectivity index (χ2v) is 6.22. The van der Waals surface area contributed by atoms with Crippen LogP contribution < -0.4 is 9.64 Å². The van der Waals surface area contributed by atoms with Crippen LogP contribution in [-0.4, -0.2) is 35.1 Å². The lowest BCUT2D eigenvalue weighted by Crippen LogP contribution is -2.29. The van der Waals surface area contributed by atoms with E-state index in [1.54, 1.807) is 19.3 Å². The highest BCUT2D eigenvalue weighted by atomic mass is 16.6. The van der Waals surface area contributed by atoms with Crippen LogP contribution in [0, 0.1) is 0 Å². The molecule has 27 heavy (non-hydrogen) atoms. The number of ether oxygens (including phenoxy) is 1. The van der Waals surface area contributed by atoms with Crippen LogP contribution in [0.2, 0.25) is 0 Å². The monoisotopic (exact) mass is 362 g/mol. The zero-order chi connectivity index (χ0) is 19.1. The van der Waals surface area contributed by atoms with Gasteiger partial charge < -0.3 is 4.74 Å². The molecule has 0 atom stereocenters. The molecule has 0 fully saturated rings. The average Bonchev–Trinajstić information content (AvgIpc) is 2.69. The largest absolute Gasteiger partial charge is 0.420 e. The predicted molar refractivity (Wildman–Crippen MR) is 105 cm³/mol. The molecule has 0 saturated heterocycles. The maximum atomic E-state index is 12.3. The maximum Gasteiger partial charge on any atom is 0.420 e. The Bertz CT molecular complexity index is 872. The summed E-state index contributed by atoms with van der Waals surface area (Å²) in [6.45, 7) is 1.33. The molecule has 0 saturated carbocycles. The van der Waals surface area contributed by atoms with E-state index in [9.17, 15) is 4.79 Å². The zero-order valence-corrected chi connectivity index (χ0v) is 15.4. The van der Waals surface area contributed by atoms with Crippen molar-refractivity contribution >= 4 is 11.8 Å². The third-order valence-electron chi connectivity index (χ3n) is 3.98. The molecule has 0 unspecified atom stereocenters. The molecule has 0 aliphatic carbocycles. The van der Waals surface area contributed by atoms with Gasteiger partial charge >= 0.3 is 6.09 Å². The van der Waals surface area contributed by atoms with E-state index in [1.165, 1.54) is 4.90 Å². The maximum absolute atomic E-state index is 12.3. The van der Waals surface area contributed by atoms with Crippen molar-refractivity contribution in [3.05, 3.63) is 84.3 Å². The molecule has 0 bridgehead atoms. The van der Waals surface area contributed by atoms with Gasteiger partial charge in [0.15, 0.2) is 0 Å². The Labute approximate surface area is 159 Å². The molecule has 0 aliphatic heterocycles. The van der Waals surface area contributed by atoms with E-state index in [0.717, 1.165) is 17.1 Å². The molecule has 0 N–H and O–H groups in total. The Kier molecular flexibility index (Phi) is 6.12. The molecule has 2 aromatic heterocycles. The van der Waals surface area contributed by atoms with Crippen molar-refractivity contribution in [1.82, 2.24) is 14.9 Å². The number of hydrogen-bond donors (Lipinski definition) is 0. The molecular weight excluding hydrogens is 340 g/mol. The smallest absolute Gasteiger partial charge is 0.391 e. The fourth-order valence-corrected chi connectivity index (χ4v) is 2.62. The highest BCUT2D eigenvalue weighted by molar-refractivity contribution is 5.88. The molecule has 2 heterocycles. The van der Waals surface area contributed by atoms with Gasteiger partial charge in [-0.15, -0.1) is 0 Å². The topological polar surface area (TPSA) is 58.6 Å². The fourth-order valence-electron chi connectivity index (χ4n) is 2.62. The minimum Gasteiger partial charge on any atom is -0.391 e. The summed E-state index contributed by atoms with van der Waals surface area (Å²) in [7, 11) is 3.67. The summed E-state index contributed by atoms with van der Waals surface area (Å²) in [5.41, 5.74) is 2.57. The second kappa shape index (κ2) is 8.91. The molecular formula is C21H22N4O2. The van der Waals surface area contributed by atoms with E-state index in [0.29, 0.717) is 13.1 Å². The molecule has 1 aromatic carbocycles. The highest BCUT2D eigenvalue weighted by Crippen LogP contribution is 2.15. The van der Waals surface area contributed by atoms with Crippen LogP contribution in [0.4, 0.5) is 10.5 Å². The normalized spacial score (nSPS) is 10.6. The summed E-state index contributed by atoms with van der Waals surface area (Å²) in [5.74, 6) is 0.284. The fraction of sp³-hybridized carbons (Fsp3) is 0.190. The van der Waals surface area contributed by atoms with Crippen molar-refractivity contribution in [2.24, 2.45) is 0 Å². The van der Waals surface area contributed by atoms with E-state index in [2.05, 4.69) is 14.9 Å². The van der Waals surface area contributed by atoms with Crippen LogP contribution >= 0.6 is 0 Å². The molecule has 138 valence electrons. The molecule has 6 heteroatoms. The van der Waals surface area contributed by atoms with E-state index in [1.807, 2.05) is 67.7 Å². The summed E-state index contributed by atoms with van der Waals surface area (Å²) in [6, 6.07) is 20.6. The van der Waals surface area contributed by atoms with Crippen LogP contribution in [0.3, 0.4) is 0 Å². The third kappa shape index (κ3) is 5.36. The van der Waals surface area contributed by atoms with Gasteiger partial charge in [-0.1, -0.05) is 30.3 Å². The Morgan fingerprint density at radius 1 is 0.889 bits per heavy atom. The summed E-state index contributed by atoms with van der Waals surface area (Å²) in [6.07, 6.45) is 1.30. The van der Waals surface area contributed by atoms with E-state index in [4.69, 9.17) is 4.74 Å². The zero-order valence-electron chi connectivity index (χ0n) is 15.4. The lowest BCUT2D eigenvalue weighted by Gasteiger charge is -2.18. The Balaban J connectivity index is 1.60. The van der Waals surface area contributed by atoms with Gasteiger partial charge in [0.05, 0.1) is 11.4 Å². The Hall–Kier alpha value is -3.25. The van der Waals surface area contributed by atoms with Gasteiger partial charge in [-0.25, -0.2) is 9.78 Å². The summed E-state index contributed by atoms with van der Waals surface area (Å²) in [5, 5.41) is 0. The van der Waals surface area contributed by atoms with Gasteiger partial charge in [0.1, 0.15) is 0 Å². The van der Waals surface area contributed by atoms with Gasteiger partial charge in [-0.2, -0.15) is 0 Å². The lowest BCUT2D eigenvalue weighted by atomic mass is 10.3. The number of hydrogen-bond acceptors (Lipinski definition) is 5. The van der Waals surface area contributed by atoms with E-state index >= 15 is 0 Å². The van der Waals surface area contributed by atoms with Crippen molar-refractivity contribution in [2.75, 3.05) is 19.0 Å². The van der Waals surface area contributed by atoms with Crippen molar-refractivity contribution in [2.45, 2.75) is 13.1 Å². The number of benzene rings is 1. The Morgan fingerprint density at radius 2 is 1.59 bits per heavy atom. The molecule has 0 aliphatic rings. The van der Waals surface area contributed by atoms with E-state index < -0.39 is 6.09 Å². The number of pyridine rings is 2. The highest BCUT2D eigenvalue weighted by Gasteiger charge is 2.14. The van der Waals surface area contributed by atoms with Crippen LogP contribution in [0.5, 0.6) is 5.88 Å². The number of aromatic nitrogens is 2.